The fourth-order valence-electron chi connectivity index (χ4n) is 5.94. The lowest BCUT2D eigenvalue weighted by atomic mass is 9.65. The summed E-state index contributed by atoms with van der Waals surface area (Å²) in [6, 6.07) is 14.0. The van der Waals surface area contributed by atoms with Gasteiger partial charge in [0, 0.05) is 17.5 Å². The quantitative estimate of drug-likeness (QED) is 0.412. The van der Waals surface area contributed by atoms with E-state index in [0.717, 1.165) is 22.4 Å². The topological polar surface area (TPSA) is 122 Å². The average molecular weight is 548 g/mol. The molecule has 1 fully saturated rings. The van der Waals surface area contributed by atoms with Gasteiger partial charge in [-0.2, -0.15) is 0 Å². The highest BCUT2D eigenvalue weighted by atomic mass is 16.7. The van der Waals surface area contributed by atoms with Crippen molar-refractivity contribution in [3.63, 3.8) is 0 Å². The van der Waals surface area contributed by atoms with Gasteiger partial charge < -0.3 is 38.8 Å². The van der Waals surface area contributed by atoms with Gasteiger partial charge >= 0.3 is 11.9 Å². The van der Waals surface area contributed by atoms with E-state index in [1.807, 2.05) is 24.3 Å². The van der Waals surface area contributed by atoms with Crippen molar-refractivity contribution in [2.75, 3.05) is 39.5 Å². The van der Waals surface area contributed by atoms with E-state index in [4.69, 9.17) is 28.4 Å². The van der Waals surface area contributed by atoms with Crippen LogP contribution in [0.25, 0.3) is 0 Å². The van der Waals surface area contributed by atoms with Crippen molar-refractivity contribution >= 4 is 17.6 Å². The summed E-state index contributed by atoms with van der Waals surface area (Å²) in [5, 5.41) is 14.1. The van der Waals surface area contributed by atoms with E-state index in [1.165, 1.54) is 14.2 Å². The molecule has 0 radical (unpaired) electrons. The van der Waals surface area contributed by atoms with Gasteiger partial charge in [-0.05, 0) is 72.1 Å². The van der Waals surface area contributed by atoms with Crippen molar-refractivity contribution in [3.05, 3.63) is 70.8 Å². The van der Waals surface area contributed by atoms with E-state index in [1.54, 1.807) is 31.2 Å². The monoisotopic (exact) mass is 547 g/mol. The highest BCUT2D eigenvalue weighted by Gasteiger charge is 2.52. The molecule has 0 aromatic heterocycles. The Labute approximate surface area is 230 Å². The average Bonchev–Trinajstić information content (AvgIpc) is 3.59. The number of anilines is 1. The number of phenolic OH excluding ortho intramolecular Hbond substituents is 1. The van der Waals surface area contributed by atoms with Crippen LogP contribution in [0.1, 0.15) is 45.9 Å². The minimum Gasteiger partial charge on any atom is -0.502 e. The molecule has 0 bridgehead atoms. The number of carbonyl (C=O) groups excluding carboxylic acids is 2. The van der Waals surface area contributed by atoms with Crippen LogP contribution in [0.5, 0.6) is 28.7 Å². The summed E-state index contributed by atoms with van der Waals surface area (Å²) in [4.78, 5) is 25.5. The Kier molecular flexibility index (Phi) is 6.53. The Bertz CT molecular complexity index is 1440. The van der Waals surface area contributed by atoms with Gasteiger partial charge in [-0.25, -0.2) is 4.79 Å². The Morgan fingerprint density at radius 2 is 1.62 bits per heavy atom. The molecule has 3 aliphatic rings. The van der Waals surface area contributed by atoms with Crippen LogP contribution in [0.2, 0.25) is 0 Å². The first-order valence-electron chi connectivity index (χ1n) is 13.0. The number of aromatic hydroxyl groups is 1. The lowest BCUT2D eigenvalue weighted by molar-refractivity contribution is -0.141. The summed E-state index contributed by atoms with van der Waals surface area (Å²) in [7, 11) is 2.93. The summed E-state index contributed by atoms with van der Waals surface area (Å²) in [6.45, 7) is 2.38. The van der Waals surface area contributed by atoms with E-state index in [2.05, 4.69) is 5.32 Å². The van der Waals surface area contributed by atoms with E-state index < -0.39 is 11.8 Å². The summed E-state index contributed by atoms with van der Waals surface area (Å²) >= 11 is 0. The molecule has 208 valence electrons. The van der Waals surface area contributed by atoms with Crippen LogP contribution in [0.15, 0.2) is 48.5 Å². The van der Waals surface area contributed by atoms with Crippen LogP contribution in [0.4, 0.5) is 5.69 Å². The van der Waals surface area contributed by atoms with Gasteiger partial charge in [0.25, 0.3) is 0 Å². The second kappa shape index (κ2) is 10.2. The Morgan fingerprint density at radius 3 is 2.25 bits per heavy atom. The second-order valence-corrected chi connectivity index (χ2v) is 9.83. The zero-order valence-electron chi connectivity index (χ0n) is 22.3. The molecular formula is C30H29NO9. The Balaban J connectivity index is 1.47. The SMILES string of the molecule is CCOC(=O)c1ccc(N[C@@H]2c3cc4c(cc3[C@@H](c3cc(OC)c(O)c(OC)c3)[C@H]3C(=O)OC[C@@H]32)OCO4)cc1. The molecule has 1 saturated heterocycles. The minimum absolute atomic E-state index is 0.103. The first-order valence-corrected chi connectivity index (χ1v) is 13.0. The van der Waals surface area contributed by atoms with Gasteiger partial charge in [0.2, 0.25) is 12.5 Å². The van der Waals surface area contributed by atoms with Gasteiger partial charge in [-0.1, -0.05) is 0 Å². The van der Waals surface area contributed by atoms with Gasteiger partial charge in [0.1, 0.15) is 0 Å². The molecule has 4 atom stereocenters. The van der Waals surface area contributed by atoms with Crippen LogP contribution in [-0.4, -0.2) is 51.3 Å². The maximum absolute atomic E-state index is 13.3. The van der Waals surface area contributed by atoms with Crippen LogP contribution in [0.3, 0.4) is 0 Å². The molecule has 3 aromatic rings. The normalized spacial score (nSPS) is 22.1. The molecule has 10 heteroatoms. The van der Waals surface area contributed by atoms with E-state index in [9.17, 15) is 14.7 Å². The van der Waals surface area contributed by atoms with E-state index in [0.29, 0.717) is 23.7 Å². The third-order valence-electron chi connectivity index (χ3n) is 7.77. The third kappa shape index (κ3) is 4.20. The summed E-state index contributed by atoms with van der Waals surface area (Å²) < 4.78 is 33.0. The molecule has 10 nitrogen and oxygen atoms in total. The lowest BCUT2D eigenvalue weighted by Gasteiger charge is -2.40. The number of rotatable bonds is 7. The zero-order chi connectivity index (χ0) is 28.0. The number of ether oxygens (including phenoxy) is 6. The lowest BCUT2D eigenvalue weighted by Crippen LogP contribution is -2.37. The van der Waals surface area contributed by atoms with Crippen LogP contribution >= 0.6 is 0 Å². The van der Waals surface area contributed by atoms with Crippen molar-refractivity contribution < 1.29 is 43.1 Å². The van der Waals surface area contributed by atoms with E-state index >= 15 is 0 Å². The van der Waals surface area contributed by atoms with Gasteiger partial charge in [-0.3, -0.25) is 4.79 Å². The number of phenols is 1. The first kappa shape index (κ1) is 25.7. The third-order valence-corrected chi connectivity index (χ3v) is 7.77. The van der Waals surface area contributed by atoms with Crippen molar-refractivity contribution in [2.45, 2.75) is 18.9 Å². The molecule has 0 amide bonds. The zero-order valence-corrected chi connectivity index (χ0v) is 22.3. The molecule has 0 saturated carbocycles. The van der Waals surface area contributed by atoms with E-state index in [-0.39, 0.29) is 54.5 Å². The molecule has 2 aliphatic heterocycles. The number of methoxy groups -OCH3 is 2. The van der Waals surface area contributed by atoms with Crippen molar-refractivity contribution in [2.24, 2.45) is 11.8 Å². The smallest absolute Gasteiger partial charge is 0.338 e. The molecule has 2 N–H and O–H groups in total. The molecular weight excluding hydrogens is 518 g/mol. The summed E-state index contributed by atoms with van der Waals surface area (Å²) in [5.41, 5.74) is 3.74. The number of cyclic esters (lactones) is 1. The minimum atomic E-state index is -0.539. The fourth-order valence-corrected chi connectivity index (χ4v) is 5.94. The van der Waals surface area contributed by atoms with Gasteiger partial charge in [0.15, 0.2) is 23.0 Å². The van der Waals surface area contributed by atoms with Crippen molar-refractivity contribution in [1.29, 1.82) is 0 Å². The Morgan fingerprint density at radius 1 is 0.975 bits per heavy atom. The highest BCUT2D eigenvalue weighted by Crippen LogP contribution is 2.56. The second-order valence-electron chi connectivity index (χ2n) is 9.83. The Hall–Kier alpha value is -4.60. The number of fused-ring (bicyclic) bond motifs is 3. The van der Waals surface area contributed by atoms with Crippen molar-refractivity contribution in [3.8, 4) is 28.7 Å². The number of hydrogen-bond acceptors (Lipinski definition) is 10. The number of nitrogens with one attached hydrogen (secondary N) is 1. The fraction of sp³-hybridized carbons (Fsp3) is 0.333. The van der Waals surface area contributed by atoms with Crippen molar-refractivity contribution in [1.82, 2.24) is 0 Å². The first-order chi connectivity index (χ1) is 19.4. The predicted molar refractivity (Wildman–Crippen MR) is 142 cm³/mol. The number of carbonyl (C=O) groups is 2. The number of hydrogen-bond donors (Lipinski definition) is 2. The van der Waals surface area contributed by atoms with Crippen LogP contribution in [0, 0.1) is 11.8 Å². The maximum atomic E-state index is 13.3. The van der Waals surface area contributed by atoms with Gasteiger partial charge in [-0.15, -0.1) is 0 Å². The molecule has 2 heterocycles. The molecule has 1 aliphatic carbocycles. The summed E-state index contributed by atoms with van der Waals surface area (Å²) in [6.07, 6.45) is 0. The molecule has 40 heavy (non-hydrogen) atoms. The highest BCUT2D eigenvalue weighted by molar-refractivity contribution is 5.89. The molecule has 6 rings (SSSR count). The standard InChI is InChI=1S/C30H29NO9/c1-4-37-29(33)15-5-7-17(8-6-15)31-27-19-12-22-21(39-14-40-22)11-18(19)25(26-20(27)13-38-30(26)34)16-9-23(35-2)28(32)24(10-16)36-3/h5-12,20,25-27,31-32H,4,13-14H2,1-3H3/t20-,25+,26-,27+/m0/s1. The maximum Gasteiger partial charge on any atom is 0.338 e. The predicted octanol–water partition coefficient (Wildman–Crippen LogP) is 4.40. The molecule has 0 spiro atoms. The number of benzene rings is 3. The molecule has 3 aromatic carbocycles. The van der Waals surface area contributed by atoms with Crippen LogP contribution in [-0.2, 0) is 14.3 Å². The molecule has 0 unspecified atom stereocenters. The number of esters is 2. The van der Waals surface area contributed by atoms with Crippen LogP contribution < -0.4 is 24.3 Å². The van der Waals surface area contributed by atoms with Gasteiger partial charge in [0.05, 0.1) is 45.0 Å². The largest absolute Gasteiger partial charge is 0.502 e. The summed E-state index contributed by atoms with van der Waals surface area (Å²) in [5.74, 6) is -0.345.